The summed E-state index contributed by atoms with van der Waals surface area (Å²) in [5.74, 6) is 3.22. The van der Waals surface area contributed by atoms with Crippen molar-refractivity contribution in [3.63, 3.8) is 0 Å². The molecule has 2 heterocycles. The number of nitrogens with zero attached hydrogens (tertiary/aromatic N) is 4. The zero-order valence-corrected chi connectivity index (χ0v) is 15.3. The topological polar surface area (TPSA) is 80.3 Å². The third-order valence-corrected chi connectivity index (χ3v) is 4.22. The third kappa shape index (κ3) is 4.50. The van der Waals surface area contributed by atoms with Crippen molar-refractivity contribution in [1.29, 1.82) is 0 Å². The molecule has 0 amide bonds. The molecule has 3 rings (SSSR count). The molecule has 0 aliphatic heterocycles. The van der Waals surface area contributed by atoms with Crippen molar-refractivity contribution < 1.29 is 4.42 Å². The summed E-state index contributed by atoms with van der Waals surface area (Å²) in [5, 5.41) is 15.0. The van der Waals surface area contributed by atoms with Gasteiger partial charge in [-0.3, -0.25) is 0 Å². The molecule has 3 aromatic rings. The number of hydrogen-bond donors (Lipinski definition) is 2. The van der Waals surface area contributed by atoms with Crippen LogP contribution in [0.4, 0.5) is 0 Å². The molecule has 136 valence electrons. The van der Waals surface area contributed by atoms with Crippen molar-refractivity contribution in [1.82, 2.24) is 25.4 Å². The zero-order valence-electron chi connectivity index (χ0n) is 15.3. The molecule has 0 saturated carbocycles. The molecule has 0 aliphatic carbocycles. The van der Waals surface area contributed by atoms with Crippen LogP contribution in [0.3, 0.4) is 0 Å². The van der Waals surface area contributed by atoms with E-state index in [-0.39, 0.29) is 6.04 Å². The van der Waals surface area contributed by atoms with E-state index in [1.54, 1.807) is 6.26 Å². The van der Waals surface area contributed by atoms with E-state index in [1.807, 2.05) is 48.9 Å². The molecular weight excluding hydrogens is 328 g/mol. The van der Waals surface area contributed by atoms with E-state index in [9.17, 15) is 0 Å². The van der Waals surface area contributed by atoms with Crippen LogP contribution in [-0.4, -0.2) is 20.7 Å². The fraction of sp³-hybridized carbons (Fsp3) is 0.316. The van der Waals surface area contributed by atoms with Crippen LogP contribution in [0.25, 0.3) is 0 Å². The van der Waals surface area contributed by atoms with Crippen molar-refractivity contribution in [2.75, 3.05) is 0 Å². The number of nitrogens with one attached hydrogen (secondary N) is 2. The first-order valence-electron chi connectivity index (χ1n) is 8.60. The molecule has 26 heavy (non-hydrogen) atoms. The Labute approximate surface area is 153 Å². The molecule has 1 atom stereocenters. The summed E-state index contributed by atoms with van der Waals surface area (Å²) in [7, 11) is 1.94. The minimum Gasteiger partial charge on any atom is -0.467 e. The zero-order chi connectivity index (χ0) is 18.4. The second-order valence-corrected chi connectivity index (χ2v) is 6.10. The number of rotatable bonds is 6. The highest BCUT2D eigenvalue weighted by Crippen LogP contribution is 2.11. The lowest BCUT2D eigenvalue weighted by atomic mass is 10.1. The second kappa shape index (κ2) is 8.33. The molecule has 2 aromatic heterocycles. The number of hydrogen-bond acceptors (Lipinski definition) is 4. The van der Waals surface area contributed by atoms with E-state index < -0.39 is 0 Å². The fourth-order valence-corrected chi connectivity index (χ4v) is 2.51. The normalized spacial score (nSPS) is 12.8. The van der Waals surface area contributed by atoms with Gasteiger partial charge in [-0.05, 0) is 31.5 Å². The molecule has 2 N–H and O–H groups in total. The van der Waals surface area contributed by atoms with Crippen molar-refractivity contribution in [3.8, 4) is 0 Å². The molecule has 7 heteroatoms. The first-order valence-corrected chi connectivity index (χ1v) is 8.60. The number of furan rings is 1. The first kappa shape index (κ1) is 17.7. The standard InChI is InChI=1S/C19H24N6O/c1-14(16-8-5-4-6-9-16)22-19(20-12-17-10-7-11-26-17)21-13-18-24-23-15(2)25(18)3/h4-11,14H,12-13H2,1-3H3,(H2,20,21,22). The van der Waals surface area contributed by atoms with Gasteiger partial charge in [0, 0.05) is 7.05 Å². The summed E-state index contributed by atoms with van der Waals surface area (Å²) in [6.45, 7) is 5.02. The average Bonchev–Trinajstić information content (AvgIpc) is 3.29. The Hall–Kier alpha value is -3.09. The highest BCUT2D eigenvalue weighted by atomic mass is 16.3. The number of aromatic nitrogens is 3. The minimum atomic E-state index is 0.111. The average molecular weight is 352 g/mol. The number of guanidine groups is 1. The van der Waals surface area contributed by atoms with E-state index in [0.29, 0.717) is 19.0 Å². The highest BCUT2D eigenvalue weighted by Gasteiger charge is 2.10. The van der Waals surface area contributed by atoms with Gasteiger partial charge in [0.25, 0.3) is 0 Å². The summed E-state index contributed by atoms with van der Waals surface area (Å²) in [6.07, 6.45) is 1.66. The van der Waals surface area contributed by atoms with Crippen molar-refractivity contribution in [3.05, 3.63) is 71.7 Å². The van der Waals surface area contributed by atoms with Gasteiger partial charge < -0.3 is 19.6 Å². The number of aryl methyl sites for hydroxylation is 1. The lowest BCUT2D eigenvalue weighted by Crippen LogP contribution is -2.38. The lowest BCUT2D eigenvalue weighted by Gasteiger charge is -2.18. The van der Waals surface area contributed by atoms with Gasteiger partial charge in [-0.1, -0.05) is 30.3 Å². The van der Waals surface area contributed by atoms with Crippen molar-refractivity contribution in [2.24, 2.45) is 12.0 Å². The summed E-state index contributed by atoms with van der Waals surface area (Å²) in [6, 6.07) is 14.2. The third-order valence-electron chi connectivity index (χ3n) is 4.22. The Morgan fingerprint density at radius 3 is 2.65 bits per heavy atom. The Bertz CT molecular complexity index is 838. The molecule has 0 aliphatic rings. The van der Waals surface area contributed by atoms with Crippen LogP contribution in [0.5, 0.6) is 0 Å². The van der Waals surface area contributed by atoms with Crippen LogP contribution in [0.2, 0.25) is 0 Å². The highest BCUT2D eigenvalue weighted by molar-refractivity contribution is 5.80. The monoisotopic (exact) mass is 352 g/mol. The molecule has 1 aromatic carbocycles. The number of benzene rings is 1. The molecule has 0 spiro atoms. The molecule has 0 radical (unpaired) electrons. The van der Waals surface area contributed by atoms with Gasteiger partial charge >= 0.3 is 0 Å². The van der Waals surface area contributed by atoms with Crippen LogP contribution < -0.4 is 10.6 Å². The predicted molar refractivity (Wildman–Crippen MR) is 100 cm³/mol. The number of aliphatic imine (C=N–C) groups is 1. The van der Waals surface area contributed by atoms with Crippen molar-refractivity contribution >= 4 is 5.96 Å². The maximum Gasteiger partial charge on any atom is 0.192 e. The van der Waals surface area contributed by atoms with E-state index in [2.05, 4.69) is 44.9 Å². The van der Waals surface area contributed by atoms with Crippen molar-refractivity contribution in [2.45, 2.75) is 33.0 Å². The maximum absolute atomic E-state index is 5.39. The van der Waals surface area contributed by atoms with E-state index in [1.165, 1.54) is 5.56 Å². The summed E-state index contributed by atoms with van der Waals surface area (Å²) < 4.78 is 7.33. The van der Waals surface area contributed by atoms with Gasteiger partial charge in [0.2, 0.25) is 0 Å². The quantitative estimate of drug-likeness (QED) is 0.527. The fourth-order valence-electron chi connectivity index (χ4n) is 2.51. The van der Waals surface area contributed by atoms with Crippen LogP contribution in [0.1, 0.15) is 35.9 Å². The van der Waals surface area contributed by atoms with Gasteiger partial charge in [0.1, 0.15) is 18.1 Å². The SMILES string of the molecule is Cc1nnc(CN=C(NCc2ccco2)NC(C)c2ccccc2)n1C. The molecule has 7 nitrogen and oxygen atoms in total. The maximum atomic E-state index is 5.39. The van der Waals surface area contributed by atoms with E-state index >= 15 is 0 Å². The van der Waals surface area contributed by atoms with Crippen LogP contribution in [-0.2, 0) is 20.1 Å². The molecule has 1 unspecified atom stereocenters. The van der Waals surface area contributed by atoms with Crippen LogP contribution in [0.15, 0.2) is 58.1 Å². The van der Waals surface area contributed by atoms with Gasteiger partial charge in [-0.15, -0.1) is 10.2 Å². The van der Waals surface area contributed by atoms with Gasteiger partial charge in [-0.25, -0.2) is 4.99 Å². The smallest absolute Gasteiger partial charge is 0.192 e. The van der Waals surface area contributed by atoms with Gasteiger partial charge in [0.15, 0.2) is 11.8 Å². The second-order valence-electron chi connectivity index (χ2n) is 6.10. The Morgan fingerprint density at radius 2 is 2.00 bits per heavy atom. The van der Waals surface area contributed by atoms with Gasteiger partial charge in [-0.2, -0.15) is 0 Å². The van der Waals surface area contributed by atoms with Gasteiger partial charge in [0.05, 0.1) is 18.8 Å². The molecule has 0 fully saturated rings. The summed E-state index contributed by atoms with van der Waals surface area (Å²) in [4.78, 5) is 4.66. The molecule has 0 bridgehead atoms. The Balaban J connectivity index is 1.71. The predicted octanol–water partition coefficient (Wildman–Crippen LogP) is 2.71. The first-order chi connectivity index (χ1) is 12.6. The Kier molecular flexibility index (Phi) is 5.68. The van der Waals surface area contributed by atoms with Crippen LogP contribution >= 0.6 is 0 Å². The molecular formula is C19H24N6O. The summed E-state index contributed by atoms with van der Waals surface area (Å²) in [5.41, 5.74) is 1.19. The Morgan fingerprint density at radius 1 is 1.19 bits per heavy atom. The molecule has 0 saturated heterocycles. The largest absolute Gasteiger partial charge is 0.467 e. The minimum absolute atomic E-state index is 0.111. The van der Waals surface area contributed by atoms with E-state index in [4.69, 9.17) is 4.42 Å². The lowest BCUT2D eigenvalue weighted by molar-refractivity contribution is 0.500. The van der Waals surface area contributed by atoms with Crippen LogP contribution in [0, 0.1) is 6.92 Å². The van der Waals surface area contributed by atoms with E-state index in [0.717, 1.165) is 17.4 Å². The summed E-state index contributed by atoms with van der Waals surface area (Å²) >= 11 is 0.